The molecule has 0 aliphatic heterocycles. The first-order valence-corrected chi connectivity index (χ1v) is 7.84. The Morgan fingerprint density at radius 3 is 2.15 bits per heavy atom. The summed E-state index contributed by atoms with van der Waals surface area (Å²) in [5, 5.41) is 8.03. The van der Waals surface area contributed by atoms with E-state index in [0.29, 0.717) is 30.3 Å². The van der Waals surface area contributed by atoms with Gasteiger partial charge in [-0.05, 0) is 38.1 Å². The van der Waals surface area contributed by atoms with Gasteiger partial charge in [0.25, 0.3) is 0 Å². The van der Waals surface area contributed by atoms with Gasteiger partial charge in [0.1, 0.15) is 0 Å². The third-order valence-corrected chi connectivity index (χ3v) is 4.10. The average molecular weight is 280 g/mol. The molecule has 0 aliphatic rings. The van der Waals surface area contributed by atoms with Crippen LogP contribution in [-0.2, 0) is 0 Å². The van der Waals surface area contributed by atoms with Crippen molar-refractivity contribution in [2.75, 3.05) is 13.1 Å². The number of rotatable bonds is 8. The van der Waals surface area contributed by atoms with E-state index in [1.807, 2.05) is 10.9 Å². The summed E-state index contributed by atoms with van der Waals surface area (Å²) in [6.07, 6.45) is 4.04. The van der Waals surface area contributed by atoms with Crippen molar-refractivity contribution < 1.29 is 0 Å². The minimum Gasteiger partial charge on any atom is -0.329 e. The molecule has 0 aromatic carbocycles. The Morgan fingerprint density at radius 2 is 1.75 bits per heavy atom. The number of nitrogens with one attached hydrogen (secondary N) is 1. The Morgan fingerprint density at radius 1 is 1.15 bits per heavy atom. The van der Waals surface area contributed by atoms with Gasteiger partial charge in [0.05, 0.1) is 6.20 Å². The van der Waals surface area contributed by atoms with Crippen LogP contribution in [0.3, 0.4) is 0 Å². The minimum absolute atomic E-state index is 0.197. The van der Waals surface area contributed by atoms with Gasteiger partial charge in [0, 0.05) is 30.4 Å². The molecule has 4 heteroatoms. The number of nitrogens with zero attached hydrogens (tertiary/aromatic N) is 2. The fraction of sp³-hybridized carbons (Fsp3) is 0.812. The number of hydrogen-bond donors (Lipinski definition) is 2. The van der Waals surface area contributed by atoms with E-state index in [1.165, 1.54) is 5.56 Å². The van der Waals surface area contributed by atoms with Crippen LogP contribution in [0.15, 0.2) is 12.4 Å². The fourth-order valence-corrected chi connectivity index (χ4v) is 2.67. The van der Waals surface area contributed by atoms with Crippen LogP contribution >= 0.6 is 0 Å². The largest absolute Gasteiger partial charge is 0.329 e. The highest BCUT2D eigenvalue weighted by atomic mass is 15.3. The maximum Gasteiger partial charge on any atom is 0.0538 e. The Hall–Kier alpha value is -0.870. The van der Waals surface area contributed by atoms with Crippen LogP contribution in [0.4, 0.5) is 0 Å². The predicted molar refractivity (Wildman–Crippen MR) is 85.6 cm³/mol. The maximum atomic E-state index is 5.93. The molecule has 116 valence electrons. The average Bonchev–Trinajstić information content (AvgIpc) is 2.83. The molecule has 1 rings (SSSR count). The Kier molecular flexibility index (Phi) is 6.69. The van der Waals surface area contributed by atoms with Gasteiger partial charge < -0.3 is 11.1 Å². The Labute approximate surface area is 124 Å². The number of hydrogen-bond acceptors (Lipinski definition) is 3. The maximum absolute atomic E-state index is 5.93. The molecule has 4 nitrogen and oxygen atoms in total. The van der Waals surface area contributed by atoms with E-state index in [0.717, 1.165) is 6.54 Å². The molecular formula is C16H32N4. The van der Waals surface area contributed by atoms with Crippen molar-refractivity contribution in [3.05, 3.63) is 18.0 Å². The molecule has 20 heavy (non-hydrogen) atoms. The standard InChI is InChI=1S/C16H32N4/c1-11(2)15(12(3)4)9-18-16(7-17)14-8-19-20(10-14)13(5)6/h8,10-13,15-16,18H,7,9,17H2,1-6H3. The molecular weight excluding hydrogens is 248 g/mol. The van der Waals surface area contributed by atoms with Crippen molar-refractivity contribution in [1.82, 2.24) is 15.1 Å². The van der Waals surface area contributed by atoms with E-state index < -0.39 is 0 Å². The first-order valence-electron chi connectivity index (χ1n) is 7.84. The summed E-state index contributed by atoms with van der Waals surface area (Å²) in [6.45, 7) is 15.0. The van der Waals surface area contributed by atoms with Crippen molar-refractivity contribution in [1.29, 1.82) is 0 Å². The Balaban J connectivity index is 2.66. The van der Waals surface area contributed by atoms with E-state index in [-0.39, 0.29) is 6.04 Å². The normalized spacial score (nSPS) is 13.9. The van der Waals surface area contributed by atoms with Gasteiger partial charge in [-0.2, -0.15) is 5.10 Å². The van der Waals surface area contributed by atoms with Crippen molar-refractivity contribution in [3.8, 4) is 0 Å². The van der Waals surface area contributed by atoms with E-state index >= 15 is 0 Å². The monoisotopic (exact) mass is 280 g/mol. The zero-order valence-electron chi connectivity index (χ0n) is 13.9. The van der Waals surface area contributed by atoms with Crippen molar-refractivity contribution in [2.45, 2.75) is 53.6 Å². The first-order chi connectivity index (χ1) is 9.36. The summed E-state index contributed by atoms with van der Waals surface area (Å²) < 4.78 is 1.99. The van der Waals surface area contributed by atoms with E-state index in [1.54, 1.807) is 0 Å². The summed E-state index contributed by atoms with van der Waals surface area (Å²) in [7, 11) is 0. The van der Waals surface area contributed by atoms with Crippen LogP contribution in [0.25, 0.3) is 0 Å². The van der Waals surface area contributed by atoms with Gasteiger partial charge in [-0.1, -0.05) is 27.7 Å². The summed E-state index contributed by atoms with van der Waals surface area (Å²) in [5.74, 6) is 2.03. The quantitative estimate of drug-likeness (QED) is 0.769. The van der Waals surface area contributed by atoms with Crippen LogP contribution in [0.2, 0.25) is 0 Å². The van der Waals surface area contributed by atoms with Crippen LogP contribution in [0.5, 0.6) is 0 Å². The van der Waals surface area contributed by atoms with E-state index in [2.05, 4.69) is 58.2 Å². The molecule has 0 fully saturated rings. The number of nitrogens with two attached hydrogens (primary N) is 1. The SMILES string of the molecule is CC(C)C(CNC(CN)c1cnn(C(C)C)c1)C(C)C. The molecule has 0 amide bonds. The molecule has 0 spiro atoms. The molecule has 0 saturated heterocycles. The van der Waals surface area contributed by atoms with Gasteiger partial charge >= 0.3 is 0 Å². The highest BCUT2D eigenvalue weighted by molar-refractivity contribution is 5.11. The van der Waals surface area contributed by atoms with Gasteiger partial charge in [0.15, 0.2) is 0 Å². The Bertz CT molecular complexity index is 374. The van der Waals surface area contributed by atoms with E-state index in [9.17, 15) is 0 Å². The van der Waals surface area contributed by atoms with Crippen molar-refractivity contribution >= 4 is 0 Å². The van der Waals surface area contributed by atoms with Crippen molar-refractivity contribution in [2.24, 2.45) is 23.5 Å². The molecule has 1 unspecified atom stereocenters. The molecule has 3 N–H and O–H groups in total. The molecule has 1 heterocycles. The third-order valence-electron chi connectivity index (χ3n) is 4.10. The molecule has 1 aromatic heterocycles. The van der Waals surface area contributed by atoms with Crippen LogP contribution < -0.4 is 11.1 Å². The van der Waals surface area contributed by atoms with Gasteiger partial charge in [-0.3, -0.25) is 4.68 Å². The zero-order chi connectivity index (χ0) is 15.3. The lowest BCUT2D eigenvalue weighted by Gasteiger charge is -2.27. The van der Waals surface area contributed by atoms with E-state index in [4.69, 9.17) is 5.73 Å². The summed E-state index contributed by atoms with van der Waals surface area (Å²) in [6, 6.07) is 0.587. The van der Waals surface area contributed by atoms with Crippen LogP contribution in [-0.4, -0.2) is 22.9 Å². The summed E-state index contributed by atoms with van der Waals surface area (Å²) in [5.41, 5.74) is 7.12. The predicted octanol–water partition coefficient (Wildman–Crippen LogP) is 2.98. The second-order valence-electron chi connectivity index (χ2n) is 6.70. The first kappa shape index (κ1) is 17.2. The third kappa shape index (κ3) is 4.60. The molecule has 1 aromatic rings. The zero-order valence-corrected chi connectivity index (χ0v) is 13.9. The van der Waals surface area contributed by atoms with Crippen LogP contribution in [0, 0.1) is 17.8 Å². The second kappa shape index (κ2) is 7.79. The molecule has 0 bridgehead atoms. The topological polar surface area (TPSA) is 55.9 Å². The minimum atomic E-state index is 0.197. The molecule has 1 atom stereocenters. The van der Waals surface area contributed by atoms with Gasteiger partial charge in [0.2, 0.25) is 0 Å². The highest BCUT2D eigenvalue weighted by Crippen LogP contribution is 2.21. The lowest BCUT2D eigenvalue weighted by molar-refractivity contribution is 0.266. The fourth-order valence-electron chi connectivity index (χ4n) is 2.67. The molecule has 0 saturated carbocycles. The summed E-state index contributed by atoms with van der Waals surface area (Å²) >= 11 is 0. The van der Waals surface area contributed by atoms with Gasteiger partial charge in [-0.15, -0.1) is 0 Å². The van der Waals surface area contributed by atoms with Crippen molar-refractivity contribution in [3.63, 3.8) is 0 Å². The number of aromatic nitrogens is 2. The lowest BCUT2D eigenvalue weighted by atomic mass is 9.85. The summed E-state index contributed by atoms with van der Waals surface area (Å²) in [4.78, 5) is 0. The second-order valence-corrected chi connectivity index (χ2v) is 6.70. The lowest BCUT2D eigenvalue weighted by Crippen LogP contribution is -2.35. The smallest absolute Gasteiger partial charge is 0.0538 e. The van der Waals surface area contributed by atoms with Gasteiger partial charge in [-0.25, -0.2) is 0 Å². The molecule has 0 aliphatic carbocycles. The highest BCUT2D eigenvalue weighted by Gasteiger charge is 2.20. The van der Waals surface area contributed by atoms with Crippen LogP contribution in [0.1, 0.15) is 59.2 Å². The molecule has 0 radical (unpaired) electrons.